The standard InChI is InChI=1S/C21H23F3N6/c1-13-15(3-2-4-17(13)21(22,23)24)19(25)29-20-16-11-18(30-9-7-26-8-10-30)28-12-14(16)5-6-27-20/h2-6,11-12,19,26H,7-10,25H2,1H3,(H,27,29)/t19-/m0/s1. The molecule has 6 nitrogen and oxygen atoms in total. The lowest BCUT2D eigenvalue weighted by Crippen LogP contribution is -2.43. The van der Waals surface area contributed by atoms with Gasteiger partial charge in [-0.3, -0.25) is 0 Å². The number of nitrogens with one attached hydrogen (secondary N) is 2. The molecule has 0 saturated carbocycles. The molecule has 3 heterocycles. The molecule has 30 heavy (non-hydrogen) atoms. The minimum Gasteiger partial charge on any atom is -0.354 e. The van der Waals surface area contributed by atoms with Crippen molar-refractivity contribution in [1.29, 1.82) is 0 Å². The van der Waals surface area contributed by atoms with Crippen LogP contribution < -0.4 is 21.3 Å². The topological polar surface area (TPSA) is 79.1 Å². The normalized spacial score (nSPS) is 16.0. The van der Waals surface area contributed by atoms with Gasteiger partial charge in [-0.05, 0) is 36.2 Å². The highest BCUT2D eigenvalue weighted by Gasteiger charge is 2.33. The Morgan fingerprint density at radius 2 is 1.93 bits per heavy atom. The quantitative estimate of drug-likeness (QED) is 0.566. The number of pyridine rings is 2. The number of halogens is 3. The van der Waals surface area contributed by atoms with E-state index in [4.69, 9.17) is 5.73 Å². The number of hydrogen-bond donors (Lipinski definition) is 3. The Balaban J connectivity index is 1.67. The van der Waals surface area contributed by atoms with Crippen LogP contribution in [0.15, 0.2) is 42.7 Å². The van der Waals surface area contributed by atoms with Gasteiger partial charge >= 0.3 is 6.18 Å². The number of alkyl halides is 3. The van der Waals surface area contributed by atoms with E-state index >= 15 is 0 Å². The van der Waals surface area contributed by atoms with Crippen molar-refractivity contribution in [3.63, 3.8) is 0 Å². The summed E-state index contributed by atoms with van der Waals surface area (Å²) in [5, 5.41) is 8.09. The molecule has 0 aliphatic carbocycles. The zero-order valence-electron chi connectivity index (χ0n) is 16.5. The van der Waals surface area contributed by atoms with Crippen LogP contribution in [0.2, 0.25) is 0 Å². The predicted molar refractivity (Wildman–Crippen MR) is 111 cm³/mol. The number of nitrogens with zero attached hydrogens (tertiary/aromatic N) is 3. The molecule has 4 N–H and O–H groups in total. The monoisotopic (exact) mass is 416 g/mol. The zero-order chi connectivity index (χ0) is 21.3. The SMILES string of the molecule is Cc1c([C@@H](N)Nc2nccc3cnc(N4CCNCC4)cc23)cccc1C(F)(F)F. The van der Waals surface area contributed by atoms with Crippen molar-refractivity contribution in [3.8, 4) is 0 Å². The van der Waals surface area contributed by atoms with Crippen LogP contribution in [0.4, 0.5) is 24.8 Å². The van der Waals surface area contributed by atoms with Crippen molar-refractivity contribution in [3.05, 3.63) is 59.4 Å². The average Bonchev–Trinajstić information content (AvgIpc) is 2.73. The molecule has 2 aromatic heterocycles. The second kappa shape index (κ2) is 8.08. The molecule has 158 valence electrons. The first-order valence-electron chi connectivity index (χ1n) is 9.74. The molecule has 0 amide bonds. The summed E-state index contributed by atoms with van der Waals surface area (Å²) in [7, 11) is 0. The van der Waals surface area contributed by atoms with Crippen LogP contribution in [-0.4, -0.2) is 36.1 Å². The first kappa shape index (κ1) is 20.4. The van der Waals surface area contributed by atoms with E-state index in [-0.39, 0.29) is 5.56 Å². The van der Waals surface area contributed by atoms with Crippen molar-refractivity contribution < 1.29 is 13.2 Å². The molecule has 0 radical (unpaired) electrons. The summed E-state index contributed by atoms with van der Waals surface area (Å²) in [5.74, 6) is 1.35. The summed E-state index contributed by atoms with van der Waals surface area (Å²) in [6.45, 7) is 4.91. The van der Waals surface area contributed by atoms with E-state index in [1.165, 1.54) is 13.0 Å². The Morgan fingerprint density at radius 3 is 2.67 bits per heavy atom. The summed E-state index contributed by atoms with van der Waals surface area (Å²) in [5.41, 5.74) is 6.05. The van der Waals surface area contributed by atoms with Gasteiger partial charge in [0.1, 0.15) is 17.8 Å². The number of nitrogens with two attached hydrogens (primary N) is 1. The number of aromatic nitrogens is 2. The lowest BCUT2D eigenvalue weighted by Gasteiger charge is -2.28. The zero-order valence-corrected chi connectivity index (χ0v) is 16.5. The van der Waals surface area contributed by atoms with Crippen molar-refractivity contribution in [2.75, 3.05) is 36.4 Å². The summed E-state index contributed by atoms with van der Waals surface area (Å²) in [6.07, 6.45) is -1.87. The molecule has 1 fully saturated rings. The molecule has 0 spiro atoms. The van der Waals surface area contributed by atoms with E-state index in [1.54, 1.807) is 18.5 Å². The summed E-state index contributed by atoms with van der Waals surface area (Å²) in [4.78, 5) is 11.1. The number of rotatable bonds is 4. The average molecular weight is 416 g/mol. The van der Waals surface area contributed by atoms with Gasteiger partial charge in [0.2, 0.25) is 0 Å². The molecular weight excluding hydrogens is 393 g/mol. The first-order valence-corrected chi connectivity index (χ1v) is 9.74. The molecule has 9 heteroatoms. The van der Waals surface area contributed by atoms with E-state index in [0.29, 0.717) is 11.4 Å². The van der Waals surface area contributed by atoms with Gasteiger partial charge in [-0.2, -0.15) is 13.2 Å². The molecular formula is C21H23F3N6. The third kappa shape index (κ3) is 4.03. The van der Waals surface area contributed by atoms with Crippen LogP contribution in [0.25, 0.3) is 10.8 Å². The van der Waals surface area contributed by atoms with E-state index in [2.05, 4.69) is 25.5 Å². The van der Waals surface area contributed by atoms with Crippen molar-refractivity contribution in [1.82, 2.24) is 15.3 Å². The Bertz CT molecular complexity index is 1050. The van der Waals surface area contributed by atoms with E-state index < -0.39 is 17.9 Å². The summed E-state index contributed by atoms with van der Waals surface area (Å²) in [6, 6.07) is 7.82. The van der Waals surface area contributed by atoms with Crippen molar-refractivity contribution in [2.45, 2.75) is 19.3 Å². The molecule has 1 atom stereocenters. The van der Waals surface area contributed by atoms with Gasteiger partial charge in [0.15, 0.2) is 0 Å². The minimum absolute atomic E-state index is 0.105. The second-order valence-electron chi connectivity index (χ2n) is 7.30. The smallest absolute Gasteiger partial charge is 0.354 e. The lowest BCUT2D eigenvalue weighted by molar-refractivity contribution is -0.138. The Morgan fingerprint density at radius 1 is 1.17 bits per heavy atom. The molecule has 3 aromatic rings. The highest BCUT2D eigenvalue weighted by molar-refractivity contribution is 5.93. The van der Waals surface area contributed by atoms with Gasteiger partial charge < -0.3 is 21.3 Å². The largest absolute Gasteiger partial charge is 0.416 e. The summed E-state index contributed by atoms with van der Waals surface area (Å²) < 4.78 is 39.8. The maximum atomic E-state index is 13.3. The Kier molecular flexibility index (Phi) is 5.48. The van der Waals surface area contributed by atoms with Crippen LogP contribution in [0.3, 0.4) is 0 Å². The highest BCUT2D eigenvalue weighted by atomic mass is 19.4. The maximum Gasteiger partial charge on any atom is 0.416 e. The van der Waals surface area contributed by atoms with Gasteiger partial charge in [0.25, 0.3) is 0 Å². The molecule has 1 aliphatic heterocycles. The van der Waals surface area contributed by atoms with Gasteiger partial charge in [-0.25, -0.2) is 9.97 Å². The molecule has 4 rings (SSSR count). The van der Waals surface area contributed by atoms with Crippen LogP contribution in [-0.2, 0) is 6.18 Å². The fourth-order valence-electron chi connectivity index (χ4n) is 3.76. The summed E-state index contributed by atoms with van der Waals surface area (Å²) >= 11 is 0. The fourth-order valence-corrected chi connectivity index (χ4v) is 3.76. The van der Waals surface area contributed by atoms with Crippen LogP contribution in [0.5, 0.6) is 0 Å². The van der Waals surface area contributed by atoms with E-state index in [1.807, 2.05) is 12.1 Å². The number of anilines is 2. The third-order valence-electron chi connectivity index (χ3n) is 5.38. The maximum absolute atomic E-state index is 13.3. The third-order valence-corrected chi connectivity index (χ3v) is 5.38. The highest BCUT2D eigenvalue weighted by Crippen LogP contribution is 2.34. The van der Waals surface area contributed by atoms with E-state index in [0.717, 1.165) is 48.8 Å². The molecule has 1 aromatic carbocycles. The van der Waals surface area contributed by atoms with Gasteiger partial charge in [0.05, 0.1) is 5.56 Å². The van der Waals surface area contributed by atoms with Crippen LogP contribution in [0, 0.1) is 6.92 Å². The van der Waals surface area contributed by atoms with Crippen molar-refractivity contribution in [2.24, 2.45) is 5.73 Å². The first-order chi connectivity index (χ1) is 14.3. The molecule has 1 saturated heterocycles. The second-order valence-corrected chi connectivity index (χ2v) is 7.30. The number of fused-ring (bicyclic) bond motifs is 1. The van der Waals surface area contributed by atoms with Crippen LogP contribution >= 0.6 is 0 Å². The number of piperazine rings is 1. The van der Waals surface area contributed by atoms with Gasteiger partial charge in [0, 0.05) is 49.3 Å². The van der Waals surface area contributed by atoms with Crippen LogP contribution in [0.1, 0.15) is 22.9 Å². The van der Waals surface area contributed by atoms with Crippen molar-refractivity contribution >= 4 is 22.4 Å². The molecule has 0 unspecified atom stereocenters. The van der Waals surface area contributed by atoms with Gasteiger partial charge in [-0.15, -0.1) is 0 Å². The predicted octanol–water partition coefficient (Wildman–Crippen LogP) is 3.44. The molecule has 1 aliphatic rings. The van der Waals surface area contributed by atoms with E-state index in [9.17, 15) is 13.2 Å². The Labute approximate surface area is 172 Å². The molecule has 0 bridgehead atoms. The number of benzene rings is 1. The number of hydrogen-bond acceptors (Lipinski definition) is 6. The minimum atomic E-state index is -4.43. The Hall–Kier alpha value is -2.91. The lowest BCUT2D eigenvalue weighted by atomic mass is 10.00. The fraction of sp³-hybridized carbons (Fsp3) is 0.333. The van der Waals surface area contributed by atoms with Gasteiger partial charge in [-0.1, -0.05) is 12.1 Å².